The summed E-state index contributed by atoms with van der Waals surface area (Å²) < 4.78 is 52.8. The molecule has 2 unspecified atom stereocenters. The molecule has 2 aromatic heterocycles. The number of hydrogen-bond donors (Lipinski definition) is 1. The minimum atomic E-state index is -0.976. The van der Waals surface area contributed by atoms with Gasteiger partial charge in [0, 0.05) is 61.3 Å². The minimum absolute atomic E-state index is 0.00734. The maximum absolute atomic E-state index is 16.8. The fourth-order valence-corrected chi connectivity index (χ4v) is 8.09. The number of pyridine rings is 1. The second-order valence-electron chi connectivity index (χ2n) is 13.1. The van der Waals surface area contributed by atoms with Crippen molar-refractivity contribution in [3.63, 3.8) is 0 Å². The number of rotatable bonds is 5. The molecule has 4 saturated heterocycles. The van der Waals surface area contributed by atoms with E-state index in [0.29, 0.717) is 72.1 Å². The molecule has 4 fully saturated rings. The van der Waals surface area contributed by atoms with E-state index >= 15 is 4.39 Å². The highest BCUT2D eigenvalue weighted by molar-refractivity contribution is 6.02. The summed E-state index contributed by atoms with van der Waals surface area (Å²) in [6.45, 7) is 8.24. The van der Waals surface area contributed by atoms with E-state index in [1.807, 2.05) is 6.92 Å². The van der Waals surface area contributed by atoms with E-state index in [9.17, 15) is 8.78 Å². The number of aromatic nitrogens is 3. The van der Waals surface area contributed by atoms with Gasteiger partial charge in [0.25, 0.3) is 0 Å². The maximum Gasteiger partial charge on any atom is 0.319 e. The lowest BCUT2D eigenvalue weighted by Gasteiger charge is -2.35. The lowest BCUT2D eigenvalue weighted by atomic mass is 9.93. The first-order valence-electron chi connectivity index (χ1n) is 15.5. The zero-order chi connectivity index (χ0) is 31.0. The van der Waals surface area contributed by atoms with Gasteiger partial charge in [0.2, 0.25) is 0 Å². The number of piperazine rings is 1. The first-order valence-corrected chi connectivity index (χ1v) is 15.5. The molecule has 230 valence electrons. The normalized spacial score (nSPS) is 27.8. The lowest BCUT2D eigenvalue weighted by Crippen LogP contribution is -2.51. The fourth-order valence-electron chi connectivity index (χ4n) is 8.09. The molecular weight excluding hydrogens is 577 g/mol. The van der Waals surface area contributed by atoms with Crippen LogP contribution >= 0.6 is 0 Å². The molecule has 4 aliphatic rings. The molecule has 0 radical (unpaired) electrons. The molecule has 4 aromatic rings. The molecule has 7 nitrogen and oxygen atoms in total. The van der Waals surface area contributed by atoms with Gasteiger partial charge in [0.05, 0.1) is 16.5 Å². The Bertz CT molecular complexity index is 1910. The Kier molecular flexibility index (Phi) is 6.55. The molecule has 2 bridgehead atoms. The van der Waals surface area contributed by atoms with Crippen LogP contribution in [0.3, 0.4) is 0 Å². The SMILES string of the molecule is C#Cc1c(F)ccc2cccc(-c3ncc4c(N5CC6CCC(C5)N6)nc(OC[C@]56CC(=C)CN5[C@H](C)[C@@H](F)C6)nc4c3F)c12. The fraction of sp³-hybridized carbons (Fsp3) is 0.400. The number of terminal acetylenes is 1. The van der Waals surface area contributed by atoms with E-state index in [1.54, 1.807) is 30.5 Å². The molecule has 6 heterocycles. The van der Waals surface area contributed by atoms with Crippen LogP contribution in [0.5, 0.6) is 6.01 Å². The highest BCUT2D eigenvalue weighted by atomic mass is 19.1. The van der Waals surface area contributed by atoms with Crippen LogP contribution in [-0.2, 0) is 0 Å². The van der Waals surface area contributed by atoms with Gasteiger partial charge in [0.15, 0.2) is 5.82 Å². The highest BCUT2D eigenvalue weighted by Gasteiger charge is 2.54. The zero-order valence-electron chi connectivity index (χ0n) is 25.0. The second-order valence-corrected chi connectivity index (χ2v) is 13.1. The Balaban J connectivity index is 1.26. The van der Waals surface area contributed by atoms with Crippen molar-refractivity contribution < 1.29 is 17.9 Å². The summed E-state index contributed by atoms with van der Waals surface area (Å²) in [5.41, 5.74) is 0.960. The van der Waals surface area contributed by atoms with E-state index in [0.717, 1.165) is 18.4 Å². The quantitative estimate of drug-likeness (QED) is 0.235. The molecular formula is C35H33F3N6O. The molecule has 4 aliphatic heterocycles. The number of ether oxygens (including phenoxy) is 1. The number of benzene rings is 2. The van der Waals surface area contributed by atoms with E-state index in [1.165, 1.54) is 6.07 Å². The van der Waals surface area contributed by atoms with E-state index in [4.69, 9.17) is 16.1 Å². The molecule has 0 aliphatic carbocycles. The summed E-state index contributed by atoms with van der Waals surface area (Å²) in [5, 5.41) is 5.16. The molecule has 0 spiro atoms. The van der Waals surface area contributed by atoms with Crippen molar-refractivity contribution in [2.24, 2.45) is 0 Å². The van der Waals surface area contributed by atoms with Crippen LogP contribution in [0.4, 0.5) is 19.0 Å². The van der Waals surface area contributed by atoms with Gasteiger partial charge < -0.3 is 15.0 Å². The molecule has 1 N–H and O–H groups in total. The van der Waals surface area contributed by atoms with Crippen LogP contribution in [0.25, 0.3) is 32.9 Å². The summed E-state index contributed by atoms with van der Waals surface area (Å²) in [6, 6.07) is 8.56. The predicted molar refractivity (Wildman–Crippen MR) is 168 cm³/mol. The molecule has 5 atom stereocenters. The average molecular weight is 611 g/mol. The standard InChI is InChI=1S/C35H33F3N6O/c1-4-24-27(36)11-8-21-6-5-7-25(29(21)24)31-30(38)32-26(14-39-31)33(43-16-22-9-10-23(17-43)40-22)42-34(41-32)45-18-35-12-19(2)15-44(35)20(3)28(37)13-35/h1,5-8,11,14,20,22-23,28,40H,2,9-10,12-13,15-18H2,3H3/t20-,22?,23?,28+,35-/m1/s1. The van der Waals surface area contributed by atoms with Crippen molar-refractivity contribution in [2.45, 2.75) is 62.4 Å². The maximum atomic E-state index is 16.8. The van der Waals surface area contributed by atoms with E-state index in [2.05, 4.69) is 37.6 Å². The highest BCUT2D eigenvalue weighted by Crippen LogP contribution is 2.45. The summed E-state index contributed by atoms with van der Waals surface area (Å²) in [7, 11) is 0. The summed E-state index contributed by atoms with van der Waals surface area (Å²) in [4.78, 5) is 18.3. The van der Waals surface area contributed by atoms with Gasteiger partial charge in [-0.15, -0.1) is 6.42 Å². The summed E-state index contributed by atoms with van der Waals surface area (Å²) in [6.07, 6.45) is 9.38. The van der Waals surface area contributed by atoms with Crippen molar-refractivity contribution in [1.82, 2.24) is 25.2 Å². The number of anilines is 1. The summed E-state index contributed by atoms with van der Waals surface area (Å²) in [5.74, 6) is 1.74. The molecule has 2 aromatic carbocycles. The molecule has 8 rings (SSSR count). The monoisotopic (exact) mass is 610 g/mol. The Morgan fingerprint density at radius 1 is 1.16 bits per heavy atom. The van der Waals surface area contributed by atoms with Crippen molar-refractivity contribution in [3.8, 4) is 29.6 Å². The van der Waals surface area contributed by atoms with Gasteiger partial charge in [-0.1, -0.05) is 42.3 Å². The van der Waals surface area contributed by atoms with Crippen LogP contribution in [0.2, 0.25) is 0 Å². The first kappa shape index (κ1) is 28.3. The molecule has 10 heteroatoms. The van der Waals surface area contributed by atoms with Crippen molar-refractivity contribution in [2.75, 3.05) is 31.1 Å². The molecule has 0 saturated carbocycles. The van der Waals surface area contributed by atoms with Crippen LogP contribution in [0, 0.1) is 24.0 Å². The largest absolute Gasteiger partial charge is 0.461 e. The van der Waals surface area contributed by atoms with Gasteiger partial charge in [-0.25, -0.2) is 13.2 Å². The number of nitrogens with zero attached hydrogens (tertiary/aromatic N) is 5. The Hall–Kier alpha value is -4.20. The van der Waals surface area contributed by atoms with Crippen LogP contribution < -0.4 is 15.0 Å². The third kappa shape index (κ3) is 4.47. The zero-order valence-corrected chi connectivity index (χ0v) is 25.0. The van der Waals surface area contributed by atoms with Crippen LogP contribution in [-0.4, -0.2) is 75.9 Å². The Morgan fingerprint density at radius 3 is 2.73 bits per heavy atom. The second kappa shape index (κ2) is 10.4. The number of nitrogens with one attached hydrogen (secondary N) is 1. The molecule has 45 heavy (non-hydrogen) atoms. The minimum Gasteiger partial charge on any atom is -0.461 e. The third-order valence-electron chi connectivity index (χ3n) is 10.2. The van der Waals surface area contributed by atoms with Crippen LogP contribution in [0.15, 0.2) is 48.7 Å². The lowest BCUT2D eigenvalue weighted by molar-refractivity contribution is 0.0879. The van der Waals surface area contributed by atoms with Gasteiger partial charge in [-0.3, -0.25) is 9.88 Å². The van der Waals surface area contributed by atoms with E-state index in [-0.39, 0.29) is 35.4 Å². The number of fused-ring (bicyclic) bond motifs is 5. The van der Waals surface area contributed by atoms with Crippen molar-refractivity contribution in [3.05, 3.63) is 65.9 Å². The molecule has 0 amide bonds. The number of halogens is 3. The average Bonchev–Trinajstić information content (AvgIpc) is 3.63. The Morgan fingerprint density at radius 2 is 1.96 bits per heavy atom. The van der Waals surface area contributed by atoms with Gasteiger partial charge >= 0.3 is 6.01 Å². The van der Waals surface area contributed by atoms with Crippen molar-refractivity contribution in [1.29, 1.82) is 0 Å². The van der Waals surface area contributed by atoms with Gasteiger partial charge in [0.1, 0.15) is 35.6 Å². The van der Waals surface area contributed by atoms with Gasteiger partial charge in [-0.2, -0.15) is 9.97 Å². The smallest absolute Gasteiger partial charge is 0.319 e. The topological polar surface area (TPSA) is 66.4 Å². The first-order chi connectivity index (χ1) is 21.7. The summed E-state index contributed by atoms with van der Waals surface area (Å²) >= 11 is 0. The van der Waals surface area contributed by atoms with Crippen LogP contribution in [0.1, 0.15) is 38.2 Å². The van der Waals surface area contributed by atoms with E-state index < -0.39 is 23.3 Å². The number of alkyl halides is 1. The predicted octanol–water partition coefficient (Wildman–Crippen LogP) is 5.55. The Labute approximate surface area is 259 Å². The number of hydrogen-bond acceptors (Lipinski definition) is 7. The van der Waals surface area contributed by atoms with Gasteiger partial charge in [-0.05, 0) is 37.6 Å². The van der Waals surface area contributed by atoms with Crippen molar-refractivity contribution >= 4 is 27.5 Å². The third-order valence-corrected chi connectivity index (χ3v) is 10.2.